The summed E-state index contributed by atoms with van der Waals surface area (Å²) >= 11 is 0. The van der Waals surface area contributed by atoms with Crippen molar-refractivity contribution in [3.05, 3.63) is 77.1 Å². The van der Waals surface area contributed by atoms with E-state index >= 15 is 4.39 Å². The Labute approximate surface area is 232 Å². The summed E-state index contributed by atoms with van der Waals surface area (Å²) in [4.78, 5) is 34.3. The van der Waals surface area contributed by atoms with Crippen LogP contribution in [0.2, 0.25) is 0 Å². The Kier molecular flexibility index (Phi) is 9.19. The number of halogens is 4. The molecular formula is C26H27F4N7O4. The second-order valence-corrected chi connectivity index (χ2v) is 8.95. The van der Waals surface area contributed by atoms with Gasteiger partial charge < -0.3 is 36.1 Å². The quantitative estimate of drug-likeness (QED) is 0.349. The molecule has 4 rings (SSSR count). The van der Waals surface area contributed by atoms with Gasteiger partial charge in [0.05, 0.1) is 24.0 Å². The zero-order valence-corrected chi connectivity index (χ0v) is 21.8. The number of aliphatic imine (C=N–C) groups is 1. The fourth-order valence-corrected chi connectivity index (χ4v) is 4.12. The number of pyridine rings is 1. The Hall–Kier alpha value is -4.50. The number of carbonyl (C=O) groups is 2. The minimum absolute atomic E-state index is 0.0258. The number of carbonyl (C=O) groups excluding carboxylic acids is 2. The minimum atomic E-state index is -4.62. The largest absolute Gasteiger partial charge is 0.416 e. The van der Waals surface area contributed by atoms with Crippen molar-refractivity contribution in [2.45, 2.75) is 12.3 Å². The van der Waals surface area contributed by atoms with Gasteiger partial charge in [0.15, 0.2) is 0 Å². The van der Waals surface area contributed by atoms with Gasteiger partial charge in [-0.3, -0.25) is 9.59 Å². The van der Waals surface area contributed by atoms with E-state index < -0.39 is 29.6 Å². The molecule has 1 atom stereocenters. The molecule has 0 unspecified atom stereocenters. The van der Waals surface area contributed by atoms with E-state index in [0.717, 1.165) is 18.3 Å². The van der Waals surface area contributed by atoms with Crippen LogP contribution in [-0.4, -0.2) is 73.6 Å². The third-order valence-electron chi connectivity index (χ3n) is 6.12. The Balaban J connectivity index is 1.54. The van der Waals surface area contributed by atoms with Gasteiger partial charge in [-0.15, -0.1) is 0 Å². The summed E-state index contributed by atoms with van der Waals surface area (Å²) in [5, 5.41) is 8.29. The topological polar surface area (TPSA) is 143 Å². The number of anilines is 1. The second kappa shape index (κ2) is 12.8. The van der Waals surface area contributed by atoms with E-state index in [1.165, 1.54) is 31.6 Å². The normalized spacial score (nSPS) is 18.3. The molecule has 0 aliphatic carbocycles. The van der Waals surface area contributed by atoms with Crippen LogP contribution in [0.5, 0.6) is 0 Å². The van der Waals surface area contributed by atoms with E-state index in [0.29, 0.717) is 19.2 Å². The van der Waals surface area contributed by atoms with E-state index in [1.807, 2.05) is 0 Å². The minimum Gasteiger partial charge on any atom is -0.382 e. The van der Waals surface area contributed by atoms with E-state index in [2.05, 4.69) is 25.9 Å². The molecule has 2 amide bonds. The summed E-state index contributed by atoms with van der Waals surface area (Å²) < 4.78 is 65.1. The lowest BCUT2D eigenvalue weighted by atomic mass is 10.0. The molecular weight excluding hydrogens is 550 g/mol. The van der Waals surface area contributed by atoms with E-state index in [-0.39, 0.29) is 59.8 Å². The molecule has 0 saturated carbocycles. The number of nitrogens with one attached hydrogen (secondary N) is 3. The number of benzene rings is 1. The number of nitrogens with zero attached hydrogens (tertiary/aromatic N) is 3. The highest BCUT2D eigenvalue weighted by Crippen LogP contribution is 2.30. The van der Waals surface area contributed by atoms with E-state index in [9.17, 15) is 22.8 Å². The first-order chi connectivity index (χ1) is 19.6. The smallest absolute Gasteiger partial charge is 0.382 e. The first-order valence-electron chi connectivity index (χ1n) is 12.3. The summed E-state index contributed by atoms with van der Waals surface area (Å²) in [6.45, 7) is 1.09. The molecule has 0 spiro atoms. The van der Waals surface area contributed by atoms with Crippen LogP contribution < -0.4 is 21.7 Å². The van der Waals surface area contributed by atoms with Crippen LogP contribution >= 0.6 is 0 Å². The fraction of sp³-hybridized carbons (Fsp3) is 0.308. The number of nitrogens with two attached hydrogens (primary N) is 1. The van der Waals surface area contributed by atoms with Crippen LogP contribution in [0.1, 0.15) is 21.5 Å². The zero-order valence-electron chi connectivity index (χ0n) is 21.8. The molecule has 5 N–H and O–H groups in total. The number of alkyl halides is 3. The summed E-state index contributed by atoms with van der Waals surface area (Å²) in [5.74, 6) is -2.15. The lowest BCUT2D eigenvalue weighted by Gasteiger charge is -2.33. The molecule has 1 saturated heterocycles. The highest BCUT2D eigenvalue weighted by molar-refractivity contribution is 6.05. The van der Waals surface area contributed by atoms with Gasteiger partial charge in [-0.25, -0.2) is 14.4 Å². The monoisotopic (exact) mass is 577 g/mol. The maximum atomic E-state index is 15.5. The maximum Gasteiger partial charge on any atom is 0.416 e. The van der Waals surface area contributed by atoms with Crippen LogP contribution in [0.25, 0.3) is 5.70 Å². The van der Waals surface area contributed by atoms with E-state index in [1.54, 1.807) is 4.90 Å². The summed E-state index contributed by atoms with van der Waals surface area (Å²) in [6, 6.07) is 5.01. The number of ether oxygens (including phenoxy) is 2. The molecule has 0 radical (unpaired) electrons. The van der Waals surface area contributed by atoms with Crippen LogP contribution in [-0.2, 0) is 20.4 Å². The van der Waals surface area contributed by atoms with Gasteiger partial charge in [0, 0.05) is 56.5 Å². The third-order valence-corrected chi connectivity index (χ3v) is 6.12. The van der Waals surface area contributed by atoms with Crippen LogP contribution in [0.3, 0.4) is 0 Å². The standard InChI is InChI=1S/C26H27F4N7O4/c1-40-14-21(38)37-8-9-41-17(13-37)12-35-22(23-24(31)34-7-6-33-23)18-3-2-15(10-19(18)27)25(39)36-20-11-16(4-5-32-20)26(28,29)30/h2-7,10-11,17,33,35H,8-9,12-14H2,1H3,(H2,31,34)(H,32,36,39)/b23-22-/t17-/m0/s1. The number of amidine groups is 1. The van der Waals surface area contributed by atoms with Crippen molar-refractivity contribution in [3.8, 4) is 0 Å². The summed E-state index contributed by atoms with van der Waals surface area (Å²) in [7, 11) is 1.43. The third kappa shape index (κ3) is 7.37. The SMILES string of the molecule is COCC(=O)N1CCO[C@@H](CN/C(=C2\NC=CN=C2N)c2ccc(C(=O)Nc3cc(C(F)(F)F)ccn3)cc2F)C1. The van der Waals surface area contributed by atoms with Gasteiger partial charge in [-0.05, 0) is 30.3 Å². The Bertz CT molecular complexity index is 1390. The van der Waals surface area contributed by atoms with Crippen LogP contribution in [0, 0.1) is 5.82 Å². The number of methoxy groups -OCH3 is 1. The molecule has 218 valence electrons. The fourth-order valence-electron chi connectivity index (χ4n) is 4.12. The van der Waals surface area contributed by atoms with Gasteiger partial charge in [-0.2, -0.15) is 13.2 Å². The molecule has 41 heavy (non-hydrogen) atoms. The molecule has 15 heteroatoms. The average Bonchev–Trinajstić information content (AvgIpc) is 2.94. The molecule has 2 aliphatic rings. The summed E-state index contributed by atoms with van der Waals surface area (Å²) in [5.41, 5.74) is 5.40. The van der Waals surface area contributed by atoms with Gasteiger partial charge in [-0.1, -0.05) is 0 Å². The molecule has 2 aliphatic heterocycles. The van der Waals surface area contributed by atoms with Gasteiger partial charge >= 0.3 is 6.18 Å². The van der Waals surface area contributed by atoms with Crippen molar-refractivity contribution < 1.29 is 36.6 Å². The number of hydrogen-bond donors (Lipinski definition) is 4. The predicted molar refractivity (Wildman–Crippen MR) is 141 cm³/mol. The molecule has 0 bridgehead atoms. The highest BCUT2D eigenvalue weighted by atomic mass is 19.4. The Morgan fingerprint density at radius 3 is 2.78 bits per heavy atom. The lowest BCUT2D eigenvalue weighted by molar-refractivity contribution is -0.142. The van der Waals surface area contributed by atoms with Crippen LogP contribution in [0.4, 0.5) is 23.4 Å². The zero-order chi connectivity index (χ0) is 29.6. The molecule has 1 aromatic carbocycles. The molecule has 1 fully saturated rings. The Morgan fingerprint density at radius 1 is 1.27 bits per heavy atom. The van der Waals surface area contributed by atoms with Crippen LogP contribution in [0.15, 0.2) is 59.6 Å². The maximum absolute atomic E-state index is 15.5. The van der Waals surface area contributed by atoms with Gasteiger partial charge in [0.1, 0.15) is 29.8 Å². The van der Waals surface area contributed by atoms with E-state index in [4.69, 9.17) is 15.2 Å². The molecule has 2 aromatic rings. The van der Waals surface area contributed by atoms with Crippen molar-refractivity contribution in [1.82, 2.24) is 20.5 Å². The van der Waals surface area contributed by atoms with Gasteiger partial charge in [0.25, 0.3) is 5.91 Å². The Morgan fingerprint density at radius 2 is 2.07 bits per heavy atom. The van der Waals surface area contributed by atoms with Crippen molar-refractivity contribution >= 4 is 29.2 Å². The number of morpholine rings is 1. The number of rotatable bonds is 8. The molecule has 11 nitrogen and oxygen atoms in total. The number of hydrogen-bond acceptors (Lipinski definition) is 9. The number of amides is 2. The predicted octanol–water partition coefficient (Wildman–Crippen LogP) is 2.06. The van der Waals surface area contributed by atoms with Crippen molar-refractivity contribution in [3.63, 3.8) is 0 Å². The highest BCUT2D eigenvalue weighted by Gasteiger charge is 2.31. The first kappa shape index (κ1) is 29.5. The van der Waals surface area contributed by atoms with Crippen molar-refractivity contribution in [1.29, 1.82) is 0 Å². The summed E-state index contributed by atoms with van der Waals surface area (Å²) in [6.07, 6.45) is -1.23. The van der Waals surface area contributed by atoms with Crippen molar-refractivity contribution in [2.75, 3.05) is 45.3 Å². The van der Waals surface area contributed by atoms with Crippen molar-refractivity contribution in [2.24, 2.45) is 10.7 Å². The average molecular weight is 578 g/mol. The lowest BCUT2D eigenvalue weighted by Crippen LogP contribution is -2.50. The van der Waals surface area contributed by atoms with Gasteiger partial charge in [0.2, 0.25) is 5.91 Å². The number of aromatic nitrogens is 1. The molecule has 1 aromatic heterocycles. The second-order valence-electron chi connectivity index (χ2n) is 8.95. The molecule has 3 heterocycles. The first-order valence-corrected chi connectivity index (χ1v) is 12.3.